The summed E-state index contributed by atoms with van der Waals surface area (Å²) in [5.74, 6) is 0. The molecule has 0 aliphatic heterocycles. The molecule has 0 bridgehead atoms. The highest BCUT2D eigenvalue weighted by atomic mass is 16.3. The van der Waals surface area contributed by atoms with Gasteiger partial charge in [-0.1, -0.05) is 135 Å². The van der Waals surface area contributed by atoms with E-state index in [4.69, 9.17) is 10.8 Å². The van der Waals surface area contributed by atoms with Crippen molar-refractivity contribution in [3.05, 3.63) is 209 Å². The van der Waals surface area contributed by atoms with Gasteiger partial charge in [0.2, 0.25) is 0 Å². The normalized spacial score (nSPS) is 14.8. The molecule has 0 fully saturated rings. The zero-order chi connectivity index (χ0) is 48.2. The second-order valence-corrected chi connectivity index (χ2v) is 15.0. The minimum atomic E-state index is -2.77. The summed E-state index contributed by atoms with van der Waals surface area (Å²) < 4.78 is 89.5. The van der Waals surface area contributed by atoms with Crippen molar-refractivity contribution in [2.75, 3.05) is 0 Å². The Morgan fingerprint density at radius 3 is 1.66 bits per heavy atom. The lowest BCUT2D eigenvalue weighted by Crippen LogP contribution is -2.21. The van der Waals surface area contributed by atoms with Gasteiger partial charge in [0.05, 0.1) is 24.0 Å². The van der Waals surface area contributed by atoms with Crippen molar-refractivity contribution in [3.63, 3.8) is 0 Å². The molecule has 286 valence electrons. The topological polar surface area (TPSA) is 75.6 Å². The van der Waals surface area contributed by atoms with Gasteiger partial charge in [-0.3, -0.25) is 15.0 Å². The number of nitrogens with zero attached hydrogens (tertiary/aromatic N) is 4. The maximum Gasteiger partial charge on any atom is 0.153 e. The molecule has 4 heterocycles. The molecule has 0 saturated carbocycles. The smallest absolute Gasteiger partial charge is 0.153 e. The molecule has 0 atom stereocenters. The van der Waals surface area contributed by atoms with E-state index < -0.39 is 30.9 Å². The summed E-state index contributed by atoms with van der Waals surface area (Å²) in [6.07, 6.45) is -6.30. The van der Waals surface area contributed by atoms with E-state index >= 15 is 0 Å². The first-order valence-corrected chi connectivity index (χ1v) is 19.3. The molecule has 0 amide bonds. The average Bonchev–Trinajstić information content (AvgIpc) is 3.73. The van der Waals surface area contributed by atoms with Crippen LogP contribution in [0.25, 0.3) is 55.7 Å². The first kappa shape index (κ1) is 28.3. The Bertz CT molecular complexity index is 3230. The maximum atomic E-state index is 9.78. The Morgan fingerprint density at radius 1 is 0.559 bits per heavy atom. The van der Waals surface area contributed by atoms with Crippen molar-refractivity contribution in [2.24, 2.45) is 0 Å². The number of furan rings is 1. The first-order chi connectivity index (χ1) is 32.3. The molecular formula is C54H44N4O. The fourth-order valence-corrected chi connectivity index (χ4v) is 7.34. The Kier molecular flexibility index (Phi) is 7.84. The summed E-state index contributed by atoms with van der Waals surface area (Å²) in [5.41, 5.74) is 5.28. The van der Waals surface area contributed by atoms with Gasteiger partial charge in [-0.15, -0.1) is 0 Å². The van der Waals surface area contributed by atoms with Gasteiger partial charge < -0.3 is 4.42 Å². The summed E-state index contributed by atoms with van der Waals surface area (Å²) in [7, 11) is 0. The molecule has 59 heavy (non-hydrogen) atoms. The van der Waals surface area contributed by atoms with Gasteiger partial charge in [-0.05, 0) is 101 Å². The second kappa shape index (κ2) is 16.4. The Morgan fingerprint density at radius 2 is 1.10 bits per heavy atom. The van der Waals surface area contributed by atoms with E-state index in [2.05, 4.69) is 16.0 Å². The molecule has 5 nitrogen and oxygen atoms in total. The molecule has 0 saturated heterocycles. The number of pyridine rings is 3. The van der Waals surface area contributed by atoms with Crippen LogP contribution in [0.3, 0.4) is 0 Å². The van der Waals surface area contributed by atoms with Crippen LogP contribution in [-0.2, 0) is 37.3 Å². The third-order valence-corrected chi connectivity index (χ3v) is 10.4. The van der Waals surface area contributed by atoms with E-state index in [0.717, 1.165) is 27.5 Å². The molecule has 0 aliphatic carbocycles. The number of para-hydroxylation sites is 2. The van der Waals surface area contributed by atoms with Crippen LogP contribution >= 0.6 is 0 Å². The molecule has 0 aliphatic rings. The predicted octanol–water partition coefficient (Wildman–Crippen LogP) is 12.7. The largest absolute Gasteiger partial charge is 0.454 e. The lowest BCUT2D eigenvalue weighted by atomic mass is 9.79. The van der Waals surface area contributed by atoms with Crippen LogP contribution in [0.2, 0.25) is 0 Å². The summed E-state index contributed by atoms with van der Waals surface area (Å²) in [6, 6.07) is 44.3. The van der Waals surface area contributed by atoms with Crippen molar-refractivity contribution < 1.29 is 16.8 Å². The summed E-state index contributed by atoms with van der Waals surface area (Å²) in [4.78, 5) is 13.8. The fourth-order valence-electron chi connectivity index (χ4n) is 7.34. The molecule has 9 rings (SSSR count). The summed E-state index contributed by atoms with van der Waals surface area (Å²) in [5, 5.41) is 11.3. The number of hydrogen-bond donors (Lipinski definition) is 0. The van der Waals surface area contributed by atoms with Crippen LogP contribution in [0, 0.1) is 11.3 Å². The minimum absolute atomic E-state index is 0.0199. The molecule has 0 unspecified atom stereocenters. The zero-order valence-corrected chi connectivity index (χ0v) is 32.5. The quantitative estimate of drug-likeness (QED) is 0.124. The Balaban J connectivity index is 1.09. The van der Waals surface area contributed by atoms with Crippen molar-refractivity contribution >= 4 is 21.9 Å². The highest BCUT2D eigenvalue weighted by Gasteiger charge is 2.23. The number of rotatable bonds is 12. The molecule has 5 heteroatoms. The van der Waals surface area contributed by atoms with Crippen molar-refractivity contribution in [1.29, 1.82) is 5.26 Å². The third-order valence-electron chi connectivity index (χ3n) is 10.4. The predicted molar refractivity (Wildman–Crippen MR) is 239 cm³/mol. The molecular weight excluding hydrogens is 721 g/mol. The number of aromatic nitrogens is 3. The van der Waals surface area contributed by atoms with Crippen molar-refractivity contribution in [1.82, 2.24) is 15.0 Å². The van der Waals surface area contributed by atoms with Crippen LogP contribution in [0.4, 0.5) is 0 Å². The lowest BCUT2D eigenvalue weighted by molar-refractivity contribution is 0.520. The molecule has 4 aromatic heterocycles. The van der Waals surface area contributed by atoms with E-state index in [-0.39, 0.29) is 40.3 Å². The van der Waals surface area contributed by atoms with Crippen LogP contribution in [0.5, 0.6) is 0 Å². The third kappa shape index (κ3) is 8.17. The standard InChI is InChI=1S/C54H44N4O/c1-54(2,45-25-28-51(58-36-45)48-18-10-17-47-46-16-9-15-44(33-55)52(46)59-53(47)48)32-41-30-39(21-19-37-23-26-49(56-34-37)42-11-5-3-6-12-42)29-40(31-41)22-20-38-24-27-50(57-35-38)43-13-7-4-8-14-43/h3-18,23-31,34-36H,19-22,32H2,1-2H3/i15D,19D2,20D2,21D2,22D2. The maximum absolute atomic E-state index is 9.78. The van der Waals surface area contributed by atoms with Gasteiger partial charge in [0.15, 0.2) is 5.58 Å². The van der Waals surface area contributed by atoms with E-state index in [1.54, 1.807) is 42.6 Å². The highest BCUT2D eigenvalue weighted by molar-refractivity contribution is 6.10. The molecule has 0 spiro atoms. The van der Waals surface area contributed by atoms with E-state index in [0.29, 0.717) is 39.4 Å². The highest BCUT2D eigenvalue weighted by Crippen LogP contribution is 2.37. The average molecular weight is 774 g/mol. The summed E-state index contributed by atoms with van der Waals surface area (Å²) in [6.45, 7) is 3.94. The van der Waals surface area contributed by atoms with Crippen LogP contribution in [-0.4, -0.2) is 15.0 Å². The molecule has 9 aromatic rings. The lowest BCUT2D eigenvalue weighted by Gasteiger charge is -2.26. The van der Waals surface area contributed by atoms with Gasteiger partial charge in [0.25, 0.3) is 0 Å². The van der Waals surface area contributed by atoms with Crippen LogP contribution in [0.15, 0.2) is 175 Å². The first-order valence-electron chi connectivity index (χ1n) is 23.8. The number of nitriles is 1. The van der Waals surface area contributed by atoms with Gasteiger partial charge in [0.1, 0.15) is 11.7 Å². The van der Waals surface area contributed by atoms with Gasteiger partial charge >= 0.3 is 0 Å². The second-order valence-electron chi connectivity index (χ2n) is 15.0. The monoisotopic (exact) mass is 773 g/mol. The zero-order valence-electron chi connectivity index (χ0n) is 41.5. The number of fused-ring (bicyclic) bond motifs is 3. The fraction of sp³-hybridized carbons (Fsp3) is 0.148. The number of hydrogen-bond acceptors (Lipinski definition) is 5. The van der Waals surface area contributed by atoms with E-state index in [1.807, 2.05) is 105 Å². The molecule has 0 radical (unpaired) electrons. The van der Waals surface area contributed by atoms with E-state index in [9.17, 15) is 16.2 Å². The van der Waals surface area contributed by atoms with Gasteiger partial charge in [-0.25, -0.2) is 0 Å². The van der Waals surface area contributed by atoms with E-state index in [1.165, 1.54) is 30.6 Å². The molecule has 5 aromatic carbocycles. The molecule has 0 N–H and O–H groups in total. The SMILES string of the molecule is [2H]c1ccc2c(oc3c(-c4ccc(C(C)(C)Cc5cc(C([2H])([2H])C([2H])([2H])c6ccc(-c7ccccc7)nc6)cc(C([2H])([2H])C([2H])([2H])c6ccc(-c7ccccc7)nc6)c5)cn4)cccc32)c1C#N. The van der Waals surface area contributed by atoms with Crippen molar-refractivity contribution in [2.45, 2.75) is 51.2 Å². The van der Waals surface area contributed by atoms with Gasteiger partial charge in [-0.2, -0.15) is 5.26 Å². The van der Waals surface area contributed by atoms with Crippen LogP contribution in [0.1, 0.15) is 65.1 Å². The van der Waals surface area contributed by atoms with Gasteiger partial charge in [0, 0.05) is 57.0 Å². The minimum Gasteiger partial charge on any atom is -0.454 e. The number of benzene rings is 5. The Hall–Kier alpha value is -7.16. The summed E-state index contributed by atoms with van der Waals surface area (Å²) >= 11 is 0. The Labute approximate surface area is 358 Å². The number of aryl methyl sites for hydroxylation is 4. The van der Waals surface area contributed by atoms with Crippen molar-refractivity contribution in [3.8, 4) is 39.8 Å². The van der Waals surface area contributed by atoms with Crippen LogP contribution < -0.4 is 0 Å².